The van der Waals surface area contributed by atoms with Crippen LogP contribution in [0.25, 0.3) is 0 Å². The van der Waals surface area contributed by atoms with E-state index in [0.717, 1.165) is 38.4 Å². The molecular weight excluding hydrogens is 277 g/mol. The standard InChI is InChI=1S/C16H23F3N2/c1-3-16(2)4-6-21(7-5-16)15(10-20)11-8-13(18)14(19)9-12(11)17/h8-9,15H,3-7,10,20H2,1-2H3. The number of benzene rings is 1. The van der Waals surface area contributed by atoms with Gasteiger partial charge in [0.25, 0.3) is 0 Å². The molecule has 0 bridgehead atoms. The average Bonchev–Trinajstić information content (AvgIpc) is 2.47. The zero-order chi connectivity index (χ0) is 15.6. The number of halogens is 3. The van der Waals surface area contributed by atoms with Crippen LogP contribution in [0.15, 0.2) is 12.1 Å². The van der Waals surface area contributed by atoms with Gasteiger partial charge < -0.3 is 5.73 Å². The second kappa shape index (κ2) is 6.36. The van der Waals surface area contributed by atoms with Crippen LogP contribution in [-0.2, 0) is 0 Å². The normalized spacial score (nSPS) is 20.5. The molecule has 21 heavy (non-hydrogen) atoms. The van der Waals surface area contributed by atoms with Crippen molar-refractivity contribution in [3.05, 3.63) is 35.1 Å². The van der Waals surface area contributed by atoms with Gasteiger partial charge in [-0.2, -0.15) is 0 Å². The molecule has 1 aliphatic heterocycles. The highest BCUT2D eigenvalue weighted by molar-refractivity contribution is 5.24. The van der Waals surface area contributed by atoms with Gasteiger partial charge in [-0.15, -0.1) is 0 Å². The van der Waals surface area contributed by atoms with Gasteiger partial charge in [-0.1, -0.05) is 20.3 Å². The monoisotopic (exact) mass is 300 g/mol. The zero-order valence-electron chi connectivity index (χ0n) is 12.6. The van der Waals surface area contributed by atoms with E-state index in [-0.39, 0.29) is 12.1 Å². The molecule has 1 fully saturated rings. The summed E-state index contributed by atoms with van der Waals surface area (Å²) in [6.45, 7) is 6.20. The molecule has 1 atom stereocenters. The third-order valence-corrected chi connectivity index (χ3v) is 4.92. The van der Waals surface area contributed by atoms with E-state index >= 15 is 0 Å². The van der Waals surface area contributed by atoms with Crippen LogP contribution < -0.4 is 5.73 Å². The van der Waals surface area contributed by atoms with E-state index in [1.54, 1.807) is 0 Å². The number of likely N-dealkylation sites (tertiary alicyclic amines) is 1. The summed E-state index contributed by atoms with van der Waals surface area (Å²) in [4.78, 5) is 2.08. The maximum Gasteiger partial charge on any atom is 0.161 e. The lowest BCUT2D eigenvalue weighted by Crippen LogP contribution is -2.43. The molecule has 0 aliphatic carbocycles. The van der Waals surface area contributed by atoms with Crippen LogP contribution in [0.4, 0.5) is 13.2 Å². The van der Waals surface area contributed by atoms with Gasteiger partial charge in [0.15, 0.2) is 11.6 Å². The molecule has 1 saturated heterocycles. The molecule has 2 nitrogen and oxygen atoms in total. The van der Waals surface area contributed by atoms with Gasteiger partial charge in [0, 0.05) is 18.2 Å². The van der Waals surface area contributed by atoms with Crippen molar-refractivity contribution in [2.24, 2.45) is 11.1 Å². The number of rotatable bonds is 4. The Balaban J connectivity index is 2.20. The maximum atomic E-state index is 14.0. The van der Waals surface area contributed by atoms with E-state index in [0.29, 0.717) is 11.5 Å². The lowest BCUT2D eigenvalue weighted by atomic mass is 9.78. The molecule has 1 aliphatic rings. The topological polar surface area (TPSA) is 29.3 Å². The van der Waals surface area contributed by atoms with Crippen molar-refractivity contribution >= 4 is 0 Å². The summed E-state index contributed by atoms with van der Waals surface area (Å²) in [6, 6.07) is 1.14. The molecule has 0 spiro atoms. The molecule has 2 rings (SSSR count). The molecule has 0 amide bonds. The highest BCUT2D eigenvalue weighted by atomic mass is 19.2. The smallest absolute Gasteiger partial charge is 0.161 e. The molecule has 1 heterocycles. The molecular formula is C16H23F3N2. The summed E-state index contributed by atoms with van der Waals surface area (Å²) in [5.74, 6) is -2.92. The fraction of sp³-hybridized carbons (Fsp3) is 0.625. The van der Waals surface area contributed by atoms with E-state index in [1.807, 2.05) is 0 Å². The van der Waals surface area contributed by atoms with Gasteiger partial charge in [0.05, 0.1) is 6.04 Å². The quantitative estimate of drug-likeness (QED) is 0.861. The molecule has 1 unspecified atom stereocenters. The molecule has 0 aromatic heterocycles. The fourth-order valence-electron chi connectivity index (χ4n) is 3.00. The van der Waals surface area contributed by atoms with Crippen molar-refractivity contribution in [1.29, 1.82) is 0 Å². The first-order chi connectivity index (χ1) is 9.90. The summed E-state index contributed by atoms with van der Waals surface area (Å²) in [7, 11) is 0. The third-order valence-electron chi connectivity index (χ3n) is 4.92. The largest absolute Gasteiger partial charge is 0.329 e. The molecule has 0 radical (unpaired) electrons. The average molecular weight is 300 g/mol. The third kappa shape index (κ3) is 3.40. The lowest BCUT2D eigenvalue weighted by molar-refractivity contribution is 0.0814. The van der Waals surface area contributed by atoms with Gasteiger partial charge in [-0.05, 0) is 37.4 Å². The Morgan fingerprint density at radius 3 is 2.24 bits per heavy atom. The summed E-state index contributed by atoms with van der Waals surface area (Å²) in [5, 5.41) is 0. The van der Waals surface area contributed by atoms with E-state index in [9.17, 15) is 13.2 Å². The minimum absolute atomic E-state index is 0.150. The van der Waals surface area contributed by atoms with Crippen molar-refractivity contribution in [1.82, 2.24) is 4.90 Å². The summed E-state index contributed by atoms with van der Waals surface area (Å²) >= 11 is 0. The van der Waals surface area contributed by atoms with Gasteiger partial charge in [-0.3, -0.25) is 4.90 Å². The Hall–Kier alpha value is -1.07. The second-order valence-electron chi connectivity index (χ2n) is 6.24. The van der Waals surface area contributed by atoms with Crippen LogP contribution >= 0.6 is 0 Å². The van der Waals surface area contributed by atoms with Crippen molar-refractivity contribution in [3.8, 4) is 0 Å². The van der Waals surface area contributed by atoms with Crippen molar-refractivity contribution < 1.29 is 13.2 Å². The lowest BCUT2D eigenvalue weighted by Gasteiger charge is -2.42. The van der Waals surface area contributed by atoms with Gasteiger partial charge in [-0.25, -0.2) is 13.2 Å². The van der Waals surface area contributed by atoms with Gasteiger partial charge in [0.2, 0.25) is 0 Å². The first-order valence-electron chi connectivity index (χ1n) is 7.49. The van der Waals surface area contributed by atoms with Crippen LogP contribution in [0.1, 0.15) is 44.7 Å². The number of nitrogens with two attached hydrogens (primary N) is 1. The van der Waals surface area contributed by atoms with E-state index in [1.165, 1.54) is 0 Å². The van der Waals surface area contributed by atoms with Crippen molar-refractivity contribution in [3.63, 3.8) is 0 Å². The Bertz CT molecular complexity index is 497. The van der Waals surface area contributed by atoms with Gasteiger partial charge >= 0.3 is 0 Å². The summed E-state index contributed by atoms with van der Waals surface area (Å²) < 4.78 is 40.4. The zero-order valence-corrected chi connectivity index (χ0v) is 12.6. The molecule has 1 aromatic carbocycles. The fourth-order valence-corrected chi connectivity index (χ4v) is 3.00. The number of hydrogen-bond donors (Lipinski definition) is 1. The van der Waals surface area contributed by atoms with Crippen LogP contribution in [-0.4, -0.2) is 24.5 Å². The van der Waals surface area contributed by atoms with E-state index in [4.69, 9.17) is 5.73 Å². The Morgan fingerprint density at radius 1 is 1.14 bits per heavy atom. The Morgan fingerprint density at radius 2 is 1.71 bits per heavy atom. The maximum absolute atomic E-state index is 14.0. The minimum Gasteiger partial charge on any atom is -0.329 e. The highest BCUT2D eigenvalue weighted by Gasteiger charge is 2.32. The molecule has 118 valence electrons. The van der Waals surface area contributed by atoms with Crippen LogP contribution in [0, 0.1) is 22.9 Å². The van der Waals surface area contributed by atoms with Crippen LogP contribution in [0.2, 0.25) is 0 Å². The summed E-state index contributed by atoms with van der Waals surface area (Å²) in [5.41, 5.74) is 6.23. The first kappa shape index (κ1) is 16.3. The summed E-state index contributed by atoms with van der Waals surface area (Å²) in [6.07, 6.45) is 3.12. The van der Waals surface area contributed by atoms with E-state index < -0.39 is 23.5 Å². The highest BCUT2D eigenvalue weighted by Crippen LogP contribution is 2.37. The predicted octanol–water partition coefficient (Wildman–Crippen LogP) is 3.62. The number of nitrogens with zero attached hydrogens (tertiary/aromatic N) is 1. The minimum atomic E-state index is -1.16. The van der Waals surface area contributed by atoms with E-state index in [2.05, 4.69) is 18.7 Å². The Labute approximate surface area is 124 Å². The predicted molar refractivity (Wildman–Crippen MR) is 77.3 cm³/mol. The van der Waals surface area contributed by atoms with Gasteiger partial charge in [0.1, 0.15) is 5.82 Å². The molecule has 0 saturated carbocycles. The number of hydrogen-bond acceptors (Lipinski definition) is 2. The Kier molecular flexibility index (Phi) is 4.94. The second-order valence-corrected chi connectivity index (χ2v) is 6.24. The number of piperidine rings is 1. The molecule has 5 heteroatoms. The van der Waals surface area contributed by atoms with Crippen molar-refractivity contribution in [2.45, 2.75) is 39.2 Å². The van der Waals surface area contributed by atoms with Crippen LogP contribution in [0.5, 0.6) is 0 Å². The first-order valence-corrected chi connectivity index (χ1v) is 7.49. The molecule has 2 N–H and O–H groups in total. The van der Waals surface area contributed by atoms with Crippen molar-refractivity contribution in [2.75, 3.05) is 19.6 Å². The SMILES string of the molecule is CCC1(C)CCN(C(CN)c2cc(F)c(F)cc2F)CC1. The molecule has 1 aromatic rings. The van der Waals surface area contributed by atoms with Crippen LogP contribution in [0.3, 0.4) is 0 Å².